The fourth-order valence-corrected chi connectivity index (χ4v) is 3.40. The third-order valence-electron chi connectivity index (χ3n) is 4.09. The van der Waals surface area contributed by atoms with Gasteiger partial charge in [0.2, 0.25) is 0 Å². The number of nitrogens with one attached hydrogen (secondary N) is 1. The second-order valence-electron chi connectivity index (χ2n) is 6.03. The Bertz CT molecular complexity index is 675. The summed E-state index contributed by atoms with van der Waals surface area (Å²) in [5, 5.41) is 9.28. The summed E-state index contributed by atoms with van der Waals surface area (Å²) >= 11 is 2.96. The SMILES string of the molecule is CC1N(C)N=C2N1c1c(cc(F)c(Br)c1C(F)F)NC2(C)C. The minimum Gasteiger partial charge on any atom is -0.371 e. The third kappa shape index (κ3) is 2.00. The van der Waals surface area contributed by atoms with E-state index in [0.717, 1.165) is 0 Å². The van der Waals surface area contributed by atoms with Crippen LogP contribution in [0.25, 0.3) is 0 Å². The van der Waals surface area contributed by atoms with E-state index in [-0.39, 0.29) is 21.9 Å². The molecule has 0 spiro atoms. The molecule has 1 N–H and O–H groups in total. The van der Waals surface area contributed by atoms with Gasteiger partial charge in [0.15, 0.2) is 5.84 Å². The van der Waals surface area contributed by atoms with Crippen LogP contribution in [0.1, 0.15) is 32.8 Å². The summed E-state index contributed by atoms with van der Waals surface area (Å²) in [4.78, 5) is 1.75. The lowest BCUT2D eigenvalue weighted by Crippen LogP contribution is -2.55. The first-order chi connectivity index (χ1) is 10.1. The van der Waals surface area contributed by atoms with E-state index in [4.69, 9.17) is 0 Å². The number of alkyl halides is 2. The number of nitrogens with zero attached hydrogens (tertiary/aromatic N) is 3. The van der Waals surface area contributed by atoms with E-state index in [2.05, 4.69) is 26.3 Å². The molecular formula is C14H16BrF3N4. The highest BCUT2D eigenvalue weighted by atomic mass is 79.9. The van der Waals surface area contributed by atoms with Gasteiger partial charge in [-0.05, 0) is 36.7 Å². The smallest absolute Gasteiger partial charge is 0.267 e. The molecule has 22 heavy (non-hydrogen) atoms. The molecule has 1 aromatic rings. The molecule has 0 amide bonds. The molecule has 0 saturated heterocycles. The first kappa shape index (κ1) is 15.5. The van der Waals surface area contributed by atoms with Gasteiger partial charge in [-0.15, -0.1) is 0 Å². The molecule has 2 aliphatic rings. The predicted octanol–water partition coefficient (Wildman–Crippen LogP) is 4.14. The van der Waals surface area contributed by atoms with Gasteiger partial charge in [-0.3, -0.25) is 5.01 Å². The zero-order valence-corrected chi connectivity index (χ0v) is 14.2. The van der Waals surface area contributed by atoms with E-state index >= 15 is 0 Å². The van der Waals surface area contributed by atoms with Crippen LogP contribution >= 0.6 is 15.9 Å². The van der Waals surface area contributed by atoms with Crippen LogP contribution in [-0.2, 0) is 0 Å². The van der Waals surface area contributed by atoms with Crippen molar-refractivity contribution in [3.8, 4) is 0 Å². The van der Waals surface area contributed by atoms with Crippen LogP contribution in [0.3, 0.4) is 0 Å². The number of hydrogen-bond acceptors (Lipinski definition) is 4. The first-order valence-corrected chi connectivity index (χ1v) is 7.64. The summed E-state index contributed by atoms with van der Waals surface area (Å²) in [6.45, 7) is 5.64. The van der Waals surface area contributed by atoms with Gasteiger partial charge in [0.05, 0.1) is 26.9 Å². The van der Waals surface area contributed by atoms with Gasteiger partial charge in [-0.25, -0.2) is 13.2 Å². The van der Waals surface area contributed by atoms with Crippen molar-refractivity contribution >= 4 is 33.1 Å². The molecule has 1 aromatic carbocycles. The van der Waals surface area contributed by atoms with Gasteiger partial charge in [0.25, 0.3) is 6.43 Å². The molecule has 0 saturated carbocycles. The molecule has 3 rings (SSSR count). The number of rotatable bonds is 1. The maximum atomic E-state index is 14.0. The molecule has 1 atom stereocenters. The number of fused-ring (bicyclic) bond motifs is 3. The van der Waals surface area contributed by atoms with Gasteiger partial charge < -0.3 is 10.2 Å². The molecule has 0 bridgehead atoms. The van der Waals surface area contributed by atoms with Crippen molar-refractivity contribution in [3.05, 3.63) is 21.9 Å². The second-order valence-corrected chi connectivity index (χ2v) is 6.83. The number of benzene rings is 1. The Morgan fingerprint density at radius 1 is 1.41 bits per heavy atom. The van der Waals surface area contributed by atoms with E-state index in [9.17, 15) is 13.2 Å². The highest BCUT2D eigenvalue weighted by Gasteiger charge is 2.46. The summed E-state index contributed by atoms with van der Waals surface area (Å²) in [6.07, 6.45) is -3.04. The molecule has 1 unspecified atom stereocenters. The van der Waals surface area contributed by atoms with Crippen molar-refractivity contribution in [2.24, 2.45) is 5.10 Å². The van der Waals surface area contributed by atoms with Gasteiger partial charge in [-0.2, -0.15) is 5.10 Å². The Kier molecular flexibility index (Phi) is 3.36. The summed E-state index contributed by atoms with van der Waals surface area (Å²) < 4.78 is 40.9. The largest absolute Gasteiger partial charge is 0.371 e. The van der Waals surface area contributed by atoms with Crippen molar-refractivity contribution in [1.82, 2.24) is 5.01 Å². The average Bonchev–Trinajstić information content (AvgIpc) is 2.69. The van der Waals surface area contributed by atoms with Crippen LogP contribution in [0.4, 0.5) is 24.5 Å². The summed E-state index contributed by atoms with van der Waals surface area (Å²) in [6, 6.07) is 1.24. The van der Waals surface area contributed by atoms with Gasteiger partial charge in [-0.1, -0.05) is 0 Å². The Morgan fingerprint density at radius 3 is 2.64 bits per heavy atom. The molecule has 0 aliphatic carbocycles. The maximum absolute atomic E-state index is 14.0. The van der Waals surface area contributed by atoms with Crippen molar-refractivity contribution < 1.29 is 13.2 Å². The number of halogens is 4. The number of amidine groups is 1. The third-order valence-corrected chi connectivity index (χ3v) is 4.89. The topological polar surface area (TPSA) is 30.9 Å². The summed E-state index contributed by atoms with van der Waals surface area (Å²) in [7, 11) is 1.78. The second kappa shape index (κ2) is 4.78. The Balaban J connectivity index is 2.32. The monoisotopic (exact) mass is 376 g/mol. The van der Waals surface area contributed by atoms with Crippen LogP contribution in [0.5, 0.6) is 0 Å². The van der Waals surface area contributed by atoms with Crippen molar-refractivity contribution in [3.63, 3.8) is 0 Å². The number of anilines is 2. The fourth-order valence-electron chi connectivity index (χ4n) is 2.93. The van der Waals surface area contributed by atoms with Crippen molar-refractivity contribution in [2.45, 2.75) is 38.9 Å². The zero-order chi connectivity index (χ0) is 16.4. The Morgan fingerprint density at radius 2 is 2.05 bits per heavy atom. The number of hydrazone groups is 1. The standard InChI is InChI=1S/C14H16BrF3N4/c1-6-21(4)20-13-14(2,3)19-8-5-7(16)10(15)9(12(17)18)11(8)22(6)13/h5-6,12,19H,1-4H3. The van der Waals surface area contributed by atoms with Gasteiger partial charge in [0, 0.05) is 13.1 Å². The van der Waals surface area contributed by atoms with Crippen LogP contribution < -0.4 is 10.2 Å². The van der Waals surface area contributed by atoms with E-state index < -0.39 is 17.8 Å². The van der Waals surface area contributed by atoms with Gasteiger partial charge in [0.1, 0.15) is 12.0 Å². The number of hydrogen-bond donors (Lipinski definition) is 1. The highest BCUT2D eigenvalue weighted by molar-refractivity contribution is 9.10. The lowest BCUT2D eigenvalue weighted by molar-refractivity contribution is 0.150. The first-order valence-electron chi connectivity index (χ1n) is 6.84. The van der Waals surface area contributed by atoms with E-state index in [1.807, 2.05) is 20.8 Å². The molecular weight excluding hydrogens is 361 g/mol. The summed E-state index contributed by atoms with van der Waals surface area (Å²) in [5.41, 5.74) is -0.320. The van der Waals surface area contributed by atoms with Crippen LogP contribution in [0, 0.1) is 5.82 Å². The highest BCUT2D eigenvalue weighted by Crippen LogP contribution is 2.48. The van der Waals surface area contributed by atoms with Gasteiger partial charge >= 0.3 is 0 Å². The lowest BCUT2D eigenvalue weighted by atomic mass is 9.95. The Labute approximate surface area is 135 Å². The molecule has 0 radical (unpaired) electrons. The van der Waals surface area contributed by atoms with E-state index in [1.54, 1.807) is 17.0 Å². The zero-order valence-electron chi connectivity index (χ0n) is 12.6. The van der Waals surface area contributed by atoms with Crippen LogP contribution in [0.15, 0.2) is 15.6 Å². The molecule has 120 valence electrons. The molecule has 2 aliphatic heterocycles. The predicted molar refractivity (Wildman–Crippen MR) is 83.9 cm³/mol. The molecule has 4 nitrogen and oxygen atoms in total. The van der Waals surface area contributed by atoms with Crippen molar-refractivity contribution in [2.75, 3.05) is 17.3 Å². The molecule has 0 fully saturated rings. The summed E-state index contributed by atoms with van der Waals surface area (Å²) in [5.74, 6) is -0.0756. The minimum absolute atomic E-state index is 0.205. The van der Waals surface area contributed by atoms with Crippen LogP contribution in [-0.4, -0.2) is 29.6 Å². The average molecular weight is 377 g/mol. The lowest BCUT2D eigenvalue weighted by Gasteiger charge is -2.42. The van der Waals surface area contributed by atoms with E-state index in [0.29, 0.717) is 11.5 Å². The minimum atomic E-state index is -2.80. The van der Waals surface area contributed by atoms with Crippen molar-refractivity contribution in [1.29, 1.82) is 0 Å². The van der Waals surface area contributed by atoms with E-state index in [1.165, 1.54) is 6.07 Å². The fraction of sp³-hybridized carbons (Fsp3) is 0.500. The molecule has 2 heterocycles. The Hall–Kier alpha value is -1.44. The molecule has 8 heteroatoms. The molecule has 0 aromatic heterocycles. The normalized spacial score (nSPS) is 22.4. The quantitative estimate of drug-likeness (QED) is 0.798. The maximum Gasteiger partial charge on any atom is 0.267 e. The van der Waals surface area contributed by atoms with Crippen LogP contribution in [0.2, 0.25) is 0 Å².